The molecule has 160 valence electrons. The van der Waals surface area contributed by atoms with E-state index in [9.17, 15) is 22.7 Å². The second kappa shape index (κ2) is 7.75. The lowest BCUT2D eigenvalue weighted by Gasteiger charge is -2.33. The smallest absolute Gasteiger partial charge is 0.401 e. The van der Waals surface area contributed by atoms with Crippen LogP contribution >= 0.6 is 0 Å². The third-order valence-electron chi connectivity index (χ3n) is 5.16. The maximum atomic E-state index is 14.5. The van der Waals surface area contributed by atoms with Gasteiger partial charge in [-0.2, -0.15) is 13.2 Å². The highest BCUT2D eigenvalue weighted by molar-refractivity contribution is 5.81. The number of anilines is 1. The molecule has 2 aromatic heterocycles. The van der Waals surface area contributed by atoms with Crippen molar-refractivity contribution < 1.29 is 22.7 Å². The number of fused-ring (bicyclic) bond motifs is 1. The number of aromatic hydroxyl groups is 1. The highest BCUT2D eigenvalue weighted by Crippen LogP contribution is 2.34. The van der Waals surface area contributed by atoms with Gasteiger partial charge in [-0.25, -0.2) is 4.39 Å². The molecule has 0 saturated carbocycles. The number of nitrogens with zero attached hydrogens (tertiary/aromatic N) is 4. The van der Waals surface area contributed by atoms with E-state index in [1.165, 1.54) is 17.0 Å². The lowest BCUT2D eigenvalue weighted by molar-refractivity contribution is -0.147. The number of aromatic nitrogens is 3. The molecule has 1 fully saturated rings. The number of alkyl halides is 3. The Balaban J connectivity index is 1.62. The molecule has 4 rings (SSSR count). The Morgan fingerprint density at radius 2 is 2.07 bits per heavy atom. The fraction of sp³-hybridized carbons (Fsp3) is 0.400. The first-order valence-corrected chi connectivity index (χ1v) is 9.60. The van der Waals surface area contributed by atoms with Crippen LogP contribution in [0, 0.1) is 12.7 Å². The van der Waals surface area contributed by atoms with E-state index in [2.05, 4.69) is 15.5 Å². The van der Waals surface area contributed by atoms with Crippen LogP contribution in [0.3, 0.4) is 0 Å². The van der Waals surface area contributed by atoms with Gasteiger partial charge in [0.15, 0.2) is 0 Å². The van der Waals surface area contributed by atoms with Crippen molar-refractivity contribution in [3.8, 4) is 17.0 Å². The highest BCUT2D eigenvalue weighted by atomic mass is 19.4. The summed E-state index contributed by atoms with van der Waals surface area (Å²) in [6.45, 7) is 1.36. The number of benzene rings is 1. The minimum atomic E-state index is -4.24. The summed E-state index contributed by atoms with van der Waals surface area (Å²) in [5.41, 5.74) is 1.24. The van der Waals surface area contributed by atoms with Gasteiger partial charge in [0.2, 0.25) is 5.95 Å². The van der Waals surface area contributed by atoms with E-state index >= 15 is 0 Å². The summed E-state index contributed by atoms with van der Waals surface area (Å²) in [6, 6.07) is 5.97. The molecule has 30 heavy (non-hydrogen) atoms. The summed E-state index contributed by atoms with van der Waals surface area (Å²) >= 11 is 0. The molecule has 10 heteroatoms. The minimum Gasteiger partial charge on any atom is -0.507 e. The maximum absolute atomic E-state index is 14.5. The molecule has 0 amide bonds. The van der Waals surface area contributed by atoms with Gasteiger partial charge in [-0.1, -0.05) is 0 Å². The van der Waals surface area contributed by atoms with E-state index in [0.29, 0.717) is 36.4 Å². The minimum absolute atomic E-state index is 0.0441. The van der Waals surface area contributed by atoms with Crippen molar-refractivity contribution in [3.05, 3.63) is 41.8 Å². The van der Waals surface area contributed by atoms with Crippen molar-refractivity contribution in [2.24, 2.45) is 0 Å². The summed E-state index contributed by atoms with van der Waals surface area (Å²) in [5, 5.41) is 21.7. The van der Waals surface area contributed by atoms with E-state index in [4.69, 9.17) is 0 Å². The summed E-state index contributed by atoms with van der Waals surface area (Å²) in [4.78, 5) is 1.37. The van der Waals surface area contributed by atoms with E-state index < -0.39 is 18.5 Å². The molecule has 3 heterocycles. The molecule has 3 aromatic rings. The van der Waals surface area contributed by atoms with E-state index in [-0.39, 0.29) is 29.6 Å². The number of nitrogens with one attached hydrogen (secondary N) is 1. The van der Waals surface area contributed by atoms with Crippen LogP contribution in [0.1, 0.15) is 18.4 Å². The molecular weight excluding hydrogens is 402 g/mol. The average molecular weight is 423 g/mol. The molecule has 1 atom stereocenters. The SMILES string of the molecule is Cc1cc(O)c(-c2nnc(N[C@@H]3CCCN(CC(F)(F)F)C3)n3cccc23)c(F)c1. The Bertz CT molecular complexity index is 1040. The van der Waals surface area contributed by atoms with Gasteiger partial charge in [-0.15, -0.1) is 10.2 Å². The number of halogens is 4. The predicted octanol–water partition coefficient (Wildman–Crippen LogP) is 3.99. The average Bonchev–Trinajstić information content (AvgIpc) is 3.12. The highest BCUT2D eigenvalue weighted by Gasteiger charge is 2.33. The zero-order chi connectivity index (χ0) is 21.5. The van der Waals surface area contributed by atoms with Crippen molar-refractivity contribution in [1.29, 1.82) is 0 Å². The quantitative estimate of drug-likeness (QED) is 0.622. The zero-order valence-corrected chi connectivity index (χ0v) is 16.2. The Hall–Kier alpha value is -2.88. The number of phenolic OH excluding ortho intramolecular Hbond substituents is 1. The van der Waals surface area contributed by atoms with Gasteiger partial charge in [0.25, 0.3) is 0 Å². The van der Waals surface area contributed by atoms with Crippen LogP contribution in [0.2, 0.25) is 0 Å². The van der Waals surface area contributed by atoms with Crippen LogP contribution in [-0.4, -0.2) is 56.5 Å². The number of phenols is 1. The van der Waals surface area contributed by atoms with Crippen molar-refractivity contribution in [2.45, 2.75) is 32.0 Å². The lowest BCUT2D eigenvalue weighted by Crippen LogP contribution is -2.46. The molecular formula is C20H21F4N5O. The molecule has 0 bridgehead atoms. The molecule has 1 aliphatic rings. The topological polar surface area (TPSA) is 65.7 Å². The number of hydrogen-bond acceptors (Lipinski definition) is 5. The Morgan fingerprint density at radius 3 is 2.80 bits per heavy atom. The van der Waals surface area contributed by atoms with Crippen LogP contribution in [0.5, 0.6) is 5.75 Å². The van der Waals surface area contributed by atoms with Crippen molar-refractivity contribution in [1.82, 2.24) is 19.5 Å². The number of rotatable bonds is 4. The molecule has 0 aliphatic carbocycles. The predicted molar refractivity (Wildman–Crippen MR) is 104 cm³/mol. The van der Waals surface area contributed by atoms with Crippen LogP contribution in [0.25, 0.3) is 16.8 Å². The standard InChI is InChI=1S/C20H21F4N5O/c1-12-8-14(21)17(16(30)9-12)18-15-5-3-7-29(15)19(27-26-18)25-13-4-2-6-28(10-13)11-20(22,23)24/h3,5,7-9,13,30H,2,4,6,10-11H2,1H3,(H,25,27)/t13-/m1/s1. The third kappa shape index (κ3) is 4.18. The summed E-state index contributed by atoms with van der Waals surface area (Å²) in [6.07, 6.45) is -1.20. The van der Waals surface area contributed by atoms with Gasteiger partial charge in [-0.05, 0) is 56.1 Å². The van der Waals surface area contributed by atoms with Gasteiger partial charge in [-0.3, -0.25) is 9.30 Å². The second-order valence-electron chi connectivity index (χ2n) is 7.61. The first-order valence-electron chi connectivity index (χ1n) is 9.60. The molecule has 6 nitrogen and oxygen atoms in total. The molecule has 0 spiro atoms. The zero-order valence-electron chi connectivity index (χ0n) is 16.2. The number of hydrogen-bond donors (Lipinski definition) is 2. The fourth-order valence-electron chi connectivity index (χ4n) is 3.94. The van der Waals surface area contributed by atoms with Gasteiger partial charge >= 0.3 is 6.18 Å². The summed E-state index contributed by atoms with van der Waals surface area (Å²) in [7, 11) is 0. The van der Waals surface area contributed by atoms with Gasteiger partial charge < -0.3 is 10.4 Å². The van der Waals surface area contributed by atoms with Crippen LogP contribution in [0.4, 0.5) is 23.5 Å². The van der Waals surface area contributed by atoms with Gasteiger partial charge in [0.1, 0.15) is 17.3 Å². The van der Waals surface area contributed by atoms with Gasteiger partial charge in [0, 0.05) is 18.8 Å². The van der Waals surface area contributed by atoms with Crippen molar-refractivity contribution in [3.63, 3.8) is 0 Å². The van der Waals surface area contributed by atoms with Crippen molar-refractivity contribution >= 4 is 11.5 Å². The molecule has 1 saturated heterocycles. The number of aryl methyl sites for hydroxylation is 1. The van der Waals surface area contributed by atoms with Crippen LogP contribution in [0.15, 0.2) is 30.5 Å². The first-order chi connectivity index (χ1) is 14.2. The van der Waals surface area contributed by atoms with Crippen molar-refractivity contribution in [2.75, 3.05) is 25.0 Å². The number of piperidine rings is 1. The Kier molecular flexibility index (Phi) is 5.27. The molecule has 1 aromatic carbocycles. The van der Waals surface area contributed by atoms with Crippen LogP contribution in [-0.2, 0) is 0 Å². The normalized spacial score (nSPS) is 18.1. The molecule has 0 radical (unpaired) electrons. The van der Waals surface area contributed by atoms with E-state index in [1.54, 1.807) is 29.7 Å². The molecule has 2 N–H and O–H groups in total. The summed E-state index contributed by atoms with van der Waals surface area (Å²) in [5.74, 6) is -0.494. The van der Waals surface area contributed by atoms with Gasteiger partial charge in [0.05, 0.1) is 17.6 Å². The first kappa shape index (κ1) is 20.4. The van der Waals surface area contributed by atoms with E-state index in [0.717, 1.165) is 0 Å². The monoisotopic (exact) mass is 423 g/mol. The molecule has 1 aliphatic heterocycles. The Labute approximate surface area is 170 Å². The lowest BCUT2D eigenvalue weighted by atomic mass is 10.1. The fourth-order valence-corrected chi connectivity index (χ4v) is 3.94. The number of likely N-dealkylation sites (tertiary alicyclic amines) is 1. The largest absolute Gasteiger partial charge is 0.507 e. The van der Waals surface area contributed by atoms with E-state index in [1.807, 2.05) is 0 Å². The Morgan fingerprint density at radius 1 is 1.27 bits per heavy atom. The molecule has 0 unspecified atom stereocenters. The summed E-state index contributed by atoms with van der Waals surface area (Å²) < 4.78 is 54.3. The van der Waals surface area contributed by atoms with Crippen LogP contribution < -0.4 is 5.32 Å². The second-order valence-corrected chi connectivity index (χ2v) is 7.61. The third-order valence-corrected chi connectivity index (χ3v) is 5.16. The maximum Gasteiger partial charge on any atom is 0.401 e.